The Kier molecular flexibility index (Phi) is 6.64. The molecule has 0 bridgehead atoms. The maximum absolute atomic E-state index is 12.9. The molecule has 4 rings (SSSR count). The summed E-state index contributed by atoms with van der Waals surface area (Å²) in [5.74, 6) is 2.11. The monoisotopic (exact) mass is 439 g/mol. The molecule has 6 nitrogen and oxygen atoms in total. The summed E-state index contributed by atoms with van der Waals surface area (Å²) in [5, 5.41) is 3.05. The van der Waals surface area contributed by atoms with Crippen LogP contribution in [0.2, 0.25) is 0 Å². The van der Waals surface area contributed by atoms with Gasteiger partial charge in [0.2, 0.25) is 5.88 Å². The Balaban J connectivity index is 1.49. The largest absolute Gasteiger partial charge is 0.497 e. The molecule has 1 aromatic heterocycles. The number of nitrogens with zero attached hydrogens (tertiary/aromatic N) is 2. The van der Waals surface area contributed by atoms with Gasteiger partial charge in [-0.1, -0.05) is 42.0 Å². The number of aryl methyl sites for hydroxylation is 1. The molecule has 0 fully saturated rings. The third kappa shape index (κ3) is 5.54. The molecule has 3 aromatic carbocycles. The Morgan fingerprint density at radius 1 is 0.939 bits per heavy atom. The predicted molar refractivity (Wildman–Crippen MR) is 128 cm³/mol. The number of methoxy groups -OCH3 is 1. The van der Waals surface area contributed by atoms with E-state index in [2.05, 4.69) is 15.3 Å². The first kappa shape index (κ1) is 22.0. The van der Waals surface area contributed by atoms with Crippen molar-refractivity contribution in [2.24, 2.45) is 0 Å². The zero-order valence-electron chi connectivity index (χ0n) is 18.8. The molecular formula is C27H25N3O3. The summed E-state index contributed by atoms with van der Waals surface area (Å²) in [6.45, 7) is 4.01. The first-order valence-corrected chi connectivity index (χ1v) is 10.6. The molecule has 166 valence electrons. The van der Waals surface area contributed by atoms with Crippen LogP contribution in [0.1, 0.15) is 34.5 Å². The second-order valence-corrected chi connectivity index (χ2v) is 7.68. The van der Waals surface area contributed by atoms with Crippen molar-refractivity contribution >= 4 is 5.91 Å². The zero-order valence-corrected chi connectivity index (χ0v) is 18.8. The lowest BCUT2D eigenvalue weighted by Gasteiger charge is -2.15. The van der Waals surface area contributed by atoms with Crippen molar-refractivity contribution in [3.05, 3.63) is 102 Å². The molecule has 1 atom stereocenters. The molecule has 0 spiro atoms. The van der Waals surface area contributed by atoms with Crippen LogP contribution in [0.15, 0.2) is 85.1 Å². The van der Waals surface area contributed by atoms with Crippen LogP contribution < -0.4 is 14.8 Å². The number of rotatable bonds is 7. The van der Waals surface area contributed by atoms with Crippen LogP contribution in [0.4, 0.5) is 0 Å². The van der Waals surface area contributed by atoms with Crippen molar-refractivity contribution in [1.29, 1.82) is 0 Å². The van der Waals surface area contributed by atoms with Crippen LogP contribution in [-0.4, -0.2) is 23.0 Å². The number of aromatic nitrogens is 2. The molecule has 0 aliphatic heterocycles. The number of nitrogens with one attached hydrogen (secondary N) is 1. The number of hydrogen-bond acceptors (Lipinski definition) is 5. The van der Waals surface area contributed by atoms with Gasteiger partial charge in [0, 0.05) is 23.4 Å². The van der Waals surface area contributed by atoms with Crippen LogP contribution in [0, 0.1) is 6.92 Å². The van der Waals surface area contributed by atoms with Gasteiger partial charge in [-0.15, -0.1) is 0 Å². The van der Waals surface area contributed by atoms with Crippen LogP contribution in [0.3, 0.4) is 0 Å². The van der Waals surface area contributed by atoms with Gasteiger partial charge in [0.05, 0.1) is 13.2 Å². The van der Waals surface area contributed by atoms with Crippen molar-refractivity contribution in [2.45, 2.75) is 19.9 Å². The minimum Gasteiger partial charge on any atom is -0.497 e. The zero-order chi connectivity index (χ0) is 23.2. The summed E-state index contributed by atoms with van der Waals surface area (Å²) in [6.07, 6.45) is 1.63. The van der Waals surface area contributed by atoms with E-state index in [1.54, 1.807) is 43.6 Å². The molecule has 33 heavy (non-hydrogen) atoms. The van der Waals surface area contributed by atoms with Crippen LogP contribution >= 0.6 is 0 Å². The van der Waals surface area contributed by atoms with E-state index < -0.39 is 0 Å². The lowest BCUT2D eigenvalue weighted by atomic mass is 10.1. The molecule has 1 N–H and O–H groups in total. The highest BCUT2D eigenvalue weighted by Crippen LogP contribution is 2.25. The molecule has 0 aliphatic carbocycles. The maximum atomic E-state index is 12.9. The van der Waals surface area contributed by atoms with E-state index in [1.165, 1.54) is 5.56 Å². The Hall–Kier alpha value is -4.19. The number of carbonyl (C=O) groups excluding carboxylic acids is 1. The Morgan fingerprint density at radius 3 is 2.39 bits per heavy atom. The first-order valence-electron chi connectivity index (χ1n) is 10.6. The molecule has 0 saturated carbocycles. The van der Waals surface area contributed by atoms with Gasteiger partial charge in [-0.2, -0.15) is 4.98 Å². The standard InChI is InChI=1S/C27H25N3O3/c1-18-7-9-20(10-8-18)19(2)29-27(31)22-6-4-5-21(17-22)26-28-16-15-25(30-26)33-24-13-11-23(32-3)12-14-24/h4-17,19H,1-3H3,(H,29,31). The van der Waals surface area contributed by atoms with E-state index in [0.717, 1.165) is 16.9 Å². The van der Waals surface area contributed by atoms with Crippen LogP contribution in [0.25, 0.3) is 11.4 Å². The van der Waals surface area contributed by atoms with E-state index >= 15 is 0 Å². The number of benzene rings is 3. The van der Waals surface area contributed by atoms with Gasteiger partial charge in [0.15, 0.2) is 5.82 Å². The molecule has 1 heterocycles. The van der Waals surface area contributed by atoms with Gasteiger partial charge < -0.3 is 14.8 Å². The predicted octanol–water partition coefficient (Wildman–Crippen LogP) is 5.74. The molecule has 6 heteroatoms. The third-order valence-corrected chi connectivity index (χ3v) is 5.22. The van der Waals surface area contributed by atoms with E-state index in [4.69, 9.17) is 9.47 Å². The second-order valence-electron chi connectivity index (χ2n) is 7.68. The average Bonchev–Trinajstić information content (AvgIpc) is 2.85. The highest BCUT2D eigenvalue weighted by molar-refractivity contribution is 5.95. The summed E-state index contributed by atoms with van der Waals surface area (Å²) in [6, 6.07) is 24.2. The minimum absolute atomic E-state index is 0.112. The summed E-state index contributed by atoms with van der Waals surface area (Å²) in [5.41, 5.74) is 3.50. The van der Waals surface area contributed by atoms with Crippen molar-refractivity contribution in [1.82, 2.24) is 15.3 Å². The van der Waals surface area contributed by atoms with Crippen molar-refractivity contribution in [2.75, 3.05) is 7.11 Å². The number of carbonyl (C=O) groups is 1. The summed E-state index contributed by atoms with van der Waals surface area (Å²) < 4.78 is 11.0. The highest BCUT2D eigenvalue weighted by Gasteiger charge is 2.13. The van der Waals surface area contributed by atoms with Gasteiger partial charge in [-0.25, -0.2) is 4.98 Å². The molecule has 0 radical (unpaired) electrons. The molecule has 0 aliphatic rings. The normalized spacial score (nSPS) is 11.5. The molecular weight excluding hydrogens is 414 g/mol. The number of ether oxygens (including phenoxy) is 2. The van der Waals surface area contributed by atoms with E-state index in [1.807, 2.05) is 62.4 Å². The fourth-order valence-electron chi connectivity index (χ4n) is 3.32. The molecule has 1 unspecified atom stereocenters. The minimum atomic E-state index is -0.157. The summed E-state index contributed by atoms with van der Waals surface area (Å²) in [4.78, 5) is 21.7. The van der Waals surface area contributed by atoms with E-state index in [0.29, 0.717) is 23.0 Å². The van der Waals surface area contributed by atoms with Crippen molar-refractivity contribution in [3.63, 3.8) is 0 Å². The topological polar surface area (TPSA) is 73.3 Å². The van der Waals surface area contributed by atoms with Gasteiger partial charge >= 0.3 is 0 Å². The first-order chi connectivity index (χ1) is 16.0. The maximum Gasteiger partial charge on any atom is 0.251 e. The highest BCUT2D eigenvalue weighted by atomic mass is 16.5. The van der Waals surface area contributed by atoms with Gasteiger partial charge in [0.25, 0.3) is 5.91 Å². The molecule has 4 aromatic rings. The SMILES string of the molecule is COc1ccc(Oc2ccnc(-c3cccc(C(=O)NC(C)c4ccc(C)cc4)c3)n2)cc1. The van der Waals surface area contributed by atoms with Crippen LogP contribution in [0.5, 0.6) is 17.4 Å². The second kappa shape index (κ2) is 9.96. The number of hydrogen-bond donors (Lipinski definition) is 1. The van der Waals surface area contributed by atoms with E-state index in [-0.39, 0.29) is 11.9 Å². The smallest absolute Gasteiger partial charge is 0.251 e. The molecule has 0 saturated heterocycles. The molecule has 1 amide bonds. The fourth-order valence-corrected chi connectivity index (χ4v) is 3.32. The lowest BCUT2D eigenvalue weighted by Crippen LogP contribution is -2.26. The summed E-state index contributed by atoms with van der Waals surface area (Å²) in [7, 11) is 1.62. The van der Waals surface area contributed by atoms with Crippen molar-refractivity contribution < 1.29 is 14.3 Å². The Bertz CT molecular complexity index is 1240. The third-order valence-electron chi connectivity index (χ3n) is 5.22. The van der Waals surface area contributed by atoms with Gasteiger partial charge in [-0.05, 0) is 55.8 Å². The fraction of sp³-hybridized carbons (Fsp3) is 0.148. The van der Waals surface area contributed by atoms with Gasteiger partial charge in [0.1, 0.15) is 11.5 Å². The Labute approximate surface area is 193 Å². The Morgan fingerprint density at radius 2 is 1.67 bits per heavy atom. The van der Waals surface area contributed by atoms with Crippen LogP contribution in [-0.2, 0) is 0 Å². The van der Waals surface area contributed by atoms with E-state index in [9.17, 15) is 4.79 Å². The van der Waals surface area contributed by atoms with Crippen molar-refractivity contribution in [3.8, 4) is 28.8 Å². The quantitative estimate of drug-likeness (QED) is 0.397. The van der Waals surface area contributed by atoms with Gasteiger partial charge in [-0.3, -0.25) is 4.79 Å². The lowest BCUT2D eigenvalue weighted by molar-refractivity contribution is 0.0940. The summed E-state index contributed by atoms with van der Waals surface area (Å²) >= 11 is 0. The number of amides is 1. The average molecular weight is 440 g/mol.